The monoisotopic (exact) mass is 430 g/mol. The summed E-state index contributed by atoms with van der Waals surface area (Å²) in [6.07, 6.45) is 0. The molecule has 3 heterocycles. The molecule has 148 valence electrons. The first-order valence-electron chi connectivity index (χ1n) is 8.55. The number of aromatic amines is 1. The number of benzene rings is 1. The summed E-state index contributed by atoms with van der Waals surface area (Å²) in [5.74, 6) is 0.201. The topological polar surface area (TPSA) is 85.2 Å². The van der Waals surface area contributed by atoms with Crippen LogP contribution in [0.2, 0.25) is 0 Å². The number of ether oxygens (including phenoxy) is 1. The number of furan rings is 1. The Morgan fingerprint density at radius 1 is 1.28 bits per heavy atom. The fraction of sp³-hybridized carbons (Fsp3) is 0.150. The van der Waals surface area contributed by atoms with Gasteiger partial charge in [-0.25, -0.2) is 14.2 Å². The van der Waals surface area contributed by atoms with Crippen molar-refractivity contribution in [3.8, 4) is 11.1 Å². The highest BCUT2D eigenvalue weighted by atomic mass is 32.2. The smallest absolute Gasteiger partial charge is 0.373 e. The lowest BCUT2D eigenvalue weighted by atomic mass is 10.0. The number of carbonyl (C=O) groups is 1. The van der Waals surface area contributed by atoms with Crippen molar-refractivity contribution in [3.05, 3.63) is 69.0 Å². The van der Waals surface area contributed by atoms with Crippen LogP contribution >= 0.6 is 23.1 Å². The van der Waals surface area contributed by atoms with Crippen molar-refractivity contribution in [1.29, 1.82) is 0 Å². The highest BCUT2D eigenvalue weighted by Gasteiger charge is 2.17. The van der Waals surface area contributed by atoms with E-state index >= 15 is 0 Å². The lowest BCUT2D eigenvalue weighted by Gasteiger charge is -2.03. The summed E-state index contributed by atoms with van der Waals surface area (Å²) in [7, 11) is 1.28. The van der Waals surface area contributed by atoms with Crippen molar-refractivity contribution in [2.45, 2.75) is 17.8 Å². The molecule has 0 unspecified atom stereocenters. The second-order valence-electron chi connectivity index (χ2n) is 6.14. The van der Waals surface area contributed by atoms with Crippen LogP contribution in [0.5, 0.6) is 0 Å². The Bertz CT molecular complexity index is 1260. The van der Waals surface area contributed by atoms with Crippen molar-refractivity contribution in [3.63, 3.8) is 0 Å². The summed E-state index contributed by atoms with van der Waals surface area (Å²) >= 11 is 2.71. The Balaban J connectivity index is 1.63. The molecule has 0 fully saturated rings. The minimum atomic E-state index is -0.545. The van der Waals surface area contributed by atoms with Gasteiger partial charge in [0.2, 0.25) is 5.76 Å². The summed E-state index contributed by atoms with van der Waals surface area (Å²) in [4.78, 5) is 33.1. The van der Waals surface area contributed by atoms with E-state index in [2.05, 4.69) is 14.7 Å². The molecule has 0 aliphatic heterocycles. The standard InChI is InChI=1S/C20H15FN2O4S2/c1-10-15(11-3-5-12(21)6-4-11)16-17(24)22-20(23-18(16)29-10)28-9-13-7-8-14(27-13)19(25)26-2/h3-8H,9H2,1-2H3,(H,22,23,24). The van der Waals surface area contributed by atoms with Crippen LogP contribution in [0.1, 0.15) is 21.2 Å². The van der Waals surface area contributed by atoms with E-state index in [9.17, 15) is 14.0 Å². The number of halogens is 1. The van der Waals surface area contributed by atoms with Crippen LogP contribution in [0.15, 0.2) is 50.8 Å². The number of thioether (sulfide) groups is 1. The van der Waals surface area contributed by atoms with Crippen LogP contribution in [0.3, 0.4) is 0 Å². The Morgan fingerprint density at radius 3 is 2.76 bits per heavy atom. The van der Waals surface area contributed by atoms with Gasteiger partial charge in [0.1, 0.15) is 16.4 Å². The summed E-state index contributed by atoms with van der Waals surface area (Å²) in [5, 5.41) is 0.944. The van der Waals surface area contributed by atoms with Crippen LogP contribution in [0.4, 0.5) is 4.39 Å². The Morgan fingerprint density at radius 2 is 2.03 bits per heavy atom. The summed E-state index contributed by atoms with van der Waals surface area (Å²) in [6.45, 7) is 1.91. The highest BCUT2D eigenvalue weighted by molar-refractivity contribution is 7.98. The number of hydrogen-bond donors (Lipinski definition) is 1. The van der Waals surface area contributed by atoms with Crippen molar-refractivity contribution in [2.75, 3.05) is 7.11 Å². The quantitative estimate of drug-likeness (QED) is 0.279. The highest BCUT2D eigenvalue weighted by Crippen LogP contribution is 2.36. The number of methoxy groups -OCH3 is 1. The van der Waals surface area contributed by atoms with Gasteiger partial charge in [-0.15, -0.1) is 11.3 Å². The van der Waals surface area contributed by atoms with E-state index in [0.717, 1.165) is 16.0 Å². The molecule has 0 aliphatic carbocycles. The van der Waals surface area contributed by atoms with Gasteiger partial charge in [-0.2, -0.15) is 0 Å². The maximum absolute atomic E-state index is 13.3. The van der Waals surface area contributed by atoms with E-state index in [0.29, 0.717) is 26.9 Å². The summed E-state index contributed by atoms with van der Waals surface area (Å²) in [5.41, 5.74) is 1.29. The lowest BCUT2D eigenvalue weighted by Crippen LogP contribution is -2.08. The first-order valence-corrected chi connectivity index (χ1v) is 10.4. The first kappa shape index (κ1) is 19.4. The molecule has 0 amide bonds. The molecule has 0 spiro atoms. The van der Waals surface area contributed by atoms with Crippen LogP contribution in [0.25, 0.3) is 21.3 Å². The zero-order chi connectivity index (χ0) is 20.5. The second kappa shape index (κ2) is 7.84. The molecule has 1 aromatic carbocycles. The minimum Gasteiger partial charge on any atom is -0.463 e. The van der Waals surface area contributed by atoms with Crippen LogP contribution in [-0.4, -0.2) is 23.0 Å². The average molecular weight is 430 g/mol. The molecule has 1 N–H and O–H groups in total. The zero-order valence-electron chi connectivity index (χ0n) is 15.4. The molecule has 9 heteroatoms. The number of aromatic nitrogens is 2. The largest absolute Gasteiger partial charge is 0.463 e. The van der Waals surface area contributed by atoms with E-state index < -0.39 is 5.97 Å². The molecule has 3 aromatic heterocycles. The van der Waals surface area contributed by atoms with Gasteiger partial charge in [-0.3, -0.25) is 4.79 Å². The number of nitrogens with one attached hydrogen (secondary N) is 1. The number of aryl methyl sites for hydroxylation is 1. The Labute approximate surface area is 172 Å². The predicted molar refractivity (Wildman–Crippen MR) is 110 cm³/mol. The maximum Gasteiger partial charge on any atom is 0.373 e. The second-order valence-corrected chi connectivity index (χ2v) is 8.30. The summed E-state index contributed by atoms with van der Waals surface area (Å²) < 4.78 is 23.3. The third-order valence-electron chi connectivity index (χ3n) is 4.25. The van der Waals surface area contributed by atoms with Crippen molar-refractivity contribution in [2.24, 2.45) is 0 Å². The SMILES string of the molecule is COC(=O)c1ccc(CSc2nc3sc(C)c(-c4ccc(F)cc4)c3c(=O)[nH]2)o1. The number of hydrogen-bond acceptors (Lipinski definition) is 7. The number of rotatable bonds is 5. The molecule has 0 saturated heterocycles. The van der Waals surface area contributed by atoms with Crippen molar-refractivity contribution < 1.29 is 18.3 Å². The molecule has 29 heavy (non-hydrogen) atoms. The number of carbonyl (C=O) groups excluding carboxylic acids is 1. The average Bonchev–Trinajstić information content (AvgIpc) is 3.31. The van der Waals surface area contributed by atoms with Gasteiger partial charge in [0.25, 0.3) is 5.56 Å². The van der Waals surface area contributed by atoms with Crippen molar-refractivity contribution >= 4 is 39.3 Å². The fourth-order valence-electron chi connectivity index (χ4n) is 2.94. The molecule has 4 aromatic rings. The zero-order valence-corrected chi connectivity index (χ0v) is 17.1. The summed E-state index contributed by atoms with van der Waals surface area (Å²) in [6, 6.07) is 9.27. The number of thiophene rings is 1. The van der Waals surface area contributed by atoms with E-state index in [1.165, 1.54) is 42.3 Å². The van der Waals surface area contributed by atoms with Crippen LogP contribution < -0.4 is 5.56 Å². The molecular weight excluding hydrogens is 415 g/mol. The molecule has 0 atom stereocenters. The van der Waals surface area contributed by atoms with E-state index in [1.807, 2.05) is 6.92 Å². The molecule has 4 rings (SSSR count). The van der Waals surface area contributed by atoms with E-state index in [1.54, 1.807) is 24.3 Å². The normalized spacial score (nSPS) is 11.1. The van der Waals surface area contributed by atoms with Crippen LogP contribution in [0, 0.1) is 12.7 Å². The first-order chi connectivity index (χ1) is 14.0. The maximum atomic E-state index is 13.3. The van der Waals surface area contributed by atoms with Gasteiger partial charge in [-0.1, -0.05) is 23.9 Å². The molecule has 0 aliphatic rings. The molecular formula is C20H15FN2O4S2. The van der Waals surface area contributed by atoms with Gasteiger partial charge in [0, 0.05) is 10.4 Å². The van der Waals surface area contributed by atoms with Gasteiger partial charge in [0.15, 0.2) is 5.16 Å². The van der Waals surface area contributed by atoms with Gasteiger partial charge in [-0.05, 0) is 36.8 Å². The van der Waals surface area contributed by atoms with Gasteiger partial charge >= 0.3 is 5.97 Å². The van der Waals surface area contributed by atoms with E-state index in [-0.39, 0.29) is 17.1 Å². The molecule has 0 saturated carbocycles. The number of fused-ring (bicyclic) bond motifs is 1. The predicted octanol–water partition coefficient (Wildman–Crippen LogP) is 4.77. The number of H-pyrrole nitrogens is 1. The van der Waals surface area contributed by atoms with Gasteiger partial charge < -0.3 is 14.1 Å². The van der Waals surface area contributed by atoms with Crippen molar-refractivity contribution in [1.82, 2.24) is 9.97 Å². The Hall–Kier alpha value is -2.91. The number of esters is 1. The van der Waals surface area contributed by atoms with Gasteiger partial charge in [0.05, 0.1) is 18.2 Å². The fourth-order valence-corrected chi connectivity index (χ4v) is 4.80. The number of nitrogens with zero attached hydrogens (tertiary/aromatic N) is 1. The molecule has 0 radical (unpaired) electrons. The minimum absolute atomic E-state index is 0.123. The third kappa shape index (κ3) is 3.83. The third-order valence-corrected chi connectivity index (χ3v) is 6.14. The Kier molecular flexibility index (Phi) is 5.25. The molecule has 6 nitrogen and oxygen atoms in total. The lowest BCUT2D eigenvalue weighted by molar-refractivity contribution is 0.0563. The molecule has 0 bridgehead atoms. The van der Waals surface area contributed by atoms with E-state index in [4.69, 9.17) is 4.42 Å². The van der Waals surface area contributed by atoms with Crippen LogP contribution in [-0.2, 0) is 10.5 Å².